The Bertz CT molecular complexity index is 242. The Labute approximate surface area is 66.2 Å². The van der Waals surface area contributed by atoms with Gasteiger partial charge in [-0.15, -0.1) is 0 Å². The number of ether oxygens (including phenoxy) is 1. The summed E-state index contributed by atoms with van der Waals surface area (Å²) in [5.41, 5.74) is -5.29. The van der Waals surface area contributed by atoms with Crippen LogP contribution in [-0.4, -0.2) is 32.8 Å². The fraction of sp³-hybridized carbons (Fsp3) is 0.750. The summed E-state index contributed by atoms with van der Waals surface area (Å²) >= 11 is 0. The lowest BCUT2D eigenvalue weighted by atomic mass is 10.9. The molecule has 0 atom stereocenters. The van der Waals surface area contributed by atoms with Crippen molar-refractivity contribution in [1.82, 2.24) is 0 Å². The highest BCUT2D eigenvalue weighted by Crippen LogP contribution is 2.23. The summed E-state index contributed by atoms with van der Waals surface area (Å²) in [6, 6.07) is 0. The summed E-state index contributed by atoms with van der Waals surface area (Å²) in [5.74, 6) is -1.27. The van der Waals surface area contributed by atoms with E-state index in [0.717, 1.165) is 6.47 Å². The van der Waals surface area contributed by atoms with Gasteiger partial charge in [-0.05, 0) is 0 Å². The summed E-state index contributed by atoms with van der Waals surface area (Å²) in [5, 5.41) is 0. The Kier molecular flexibility index (Phi) is 3.50. The Balaban J connectivity index is 4.16. The van der Waals surface area contributed by atoms with Gasteiger partial charge < -0.3 is 4.74 Å². The first-order valence-corrected chi connectivity index (χ1v) is 4.24. The van der Waals surface area contributed by atoms with Crippen LogP contribution in [0.15, 0.2) is 0 Å². The van der Waals surface area contributed by atoms with Crippen molar-refractivity contribution in [2.75, 3.05) is 12.4 Å². The van der Waals surface area contributed by atoms with Crippen molar-refractivity contribution in [2.45, 2.75) is 5.51 Å². The molecule has 0 aromatic heterocycles. The molecular weight excluding hydrogens is 201 g/mol. The molecule has 0 bridgehead atoms. The predicted octanol–water partition coefficient (Wildman–Crippen LogP) is 0.00480. The van der Waals surface area contributed by atoms with Gasteiger partial charge >= 0.3 is 12.0 Å². The minimum absolute atomic E-state index is 0.810. The zero-order chi connectivity index (χ0) is 9.83. The maximum absolute atomic E-state index is 11.5. The zero-order valence-electron chi connectivity index (χ0n) is 5.59. The number of rotatable bonds is 4. The molecule has 0 aliphatic rings. The monoisotopic (exact) mass is 205 g/mol. The lowest BCUT2D eigenvalue weighted by molar-refractivity contribution is -0.0438. The number of hydrogen-bond acceptors (Lipinski definition) is 4. The molecule has 0 spiro atoms. The van der Waals surface area contributed by atoms with Gasteiger partial charge in [0.2, 0.25) is 0 Å². The summed E-state index contributed by atoms with van der Waals surface area (Å²) in [6.45, 7) is -0.0320. The van der Waals surface area contributed by atoms with Gasteiger partial charge in [-0.2, -0.15) is 13.2 Å². The molecule has 0 aliphatic heterocycles. The van der Waals surface area contributed by atoms with Crippen molar-refractivity contribution in [2.24, 2.45) is 0 Å². The van der Waals surface area contributed by atoms with E-state index in [1.165, 1.54) is 0 Å². The minimum Gasteiger partial charge on any atom is -0.456 e. The fourth-order valence-corrected chi connectivity index (χ4v) is 0.843. The molecule has 0 aromatic rings. The third kappa shape index (κ3) is 3.07. The number of halogens is 3. The highest BCUT2D eigenvalue weighted by molar-refractivity contribution is 7.92. The Morgan fingerprint density at radius 1 is 1.33 bits per heavy atom. The third-order valence-electron chi connectivity index (χ3n) is 0.866. The molecule has 0 heterocycles. The van der Waals surface area contributed by atoms with Crippen LogP contribution in [0.25, 0.3) is 0 Å². The van der Waals surface area contributed by atoms with E-state index in [0.29, 0.717) is 0 Å². The molecular formula is C4H4F3O4S. The maximum Gasteiger partial charge on any atom is 0.497 e. The maximum atomic E-state index is 11.5. The minimum atomic E-state index is -5.29. The van der Waals surface area contributed by atoms with Crippen molar-refractivity contribution >= 4 is 16.3 Å². The first-order chi connectivity index (χ1) is 5.31. The number of sulfone groups is 1. The van der Waals surface area contributed by atoms with Crippen LogP contribution in [0.2, 0.25) is 0 Å². The van der Waals surface area contributed by atoms with Crippen molar-refractivity contribution in [3.05, 3.63) is 0 Å². The van der Waals surface area contributed by atoms with E-state index in [1.807, 2.05) is 0 Å². The summed E-state index contributed by atoms with van der Waals surface area (Å²) < 4.78 is 58.6. The third-order valence-corrected chi connectivity index (χ3v) is 2.28. The molecule has 12 heavy (non-hydrogen) atoms. The van der Waals surface area contributed by atoms with Crippen LogP contribution in [0.3, 0.4) is 0 Å². The number of alkyl halides is 3. The smallest absolute Gasteiger partial charge is 0.456 e. The van der Waals surface area contributed by atoms with Crippen LogP contribution < -0.4 is 0 Å². The van der Waals surface area contributed by atoms with E-state index in [9.17, 15) is 26.4 Å². The molecule has 4 nitrogen and oxygen atoms in total. The van der Waals surface area contributed by atoms with E-state index in [2.05, 4.69) is 4.74 Å². The molecule has 0 N–H and O–H groups in total. The molecule has 0 amide bonds. The topological polar surface area (TPSA) is 60.4 Å². The lowest BCUT2D eigenvalue weighted by Crippen LogP contribution is -2.28. The highest BCUT2D eigenvalue weighted by Gasteiger charge is 2.45. The van der Waals surface area contributed by atoms with Crippen LogP contribution in [0.4, 0.5) is 13.2 Å². The highest BCUT2D eigenvalue weighted by atomic mass is 32.2. The number of hydrogen-bond donors (Lipinski definition) is 0. The van der Waals surface area contributed by atoms with Crippen molar-refractivity contribution in [1.29, 1.82) is 0 Å². The van der Waals surface area contributed by atoms with Gasteiger partial charge in [0, 0.05) is 0 Å². The molecule has 8 heteroatoms. The Morgan fingerprint density at radius 2 is 1.83 bits per heavy atom. The van der Waals surface area contributed by atoms with Crippen LogP contribution in [0, 0.1) is 0 Å². The molecule has 0 aromatic carbocycles. The van der Waals surface area contributed by atoms with E-state index in [1.54, 1.807) is 0 Å². The summed E-state index contributed by atoms with van der Waals surface area (Å²) in [4.78, 5) is 9.32. The quantitative estimate of drug-likeness (QED) is 0.606. The molecule has 0 fully saturated rings. The lowest BCUT2D eigenvalue weighted by Gasteiger charge is -2.05. The largest absolute Gasteiger partial charge is 0.497 e. The van der Waals surface area contributed by atoms with Crippen LogP contribution >= 0.6 is 0 Å². The van der Waals surface area contributed by atoms with Crippen molar-refractivity contribution < 1.29 is 31.1 Å². The molecule has 71 valence electrons. The van der Waals surface area contributed by atoms with Crippen LogP contribution in [0.1, 0.15) is 0 Å². The average Bonchev–Trinajstić information content (AvgIpc) is 1.85. The number of carbonyl (C=O) groups excluding carboxylic acids is 1. The average molecular weight is 205 g/mol. The SMILES string of the molecule is O=[C]OCCS(=O)(=O)C(F)(F)F. The summed E-state index contributed by atoms with van der Waals surface area (Å²) in [7, 11) is -5.17. The predicted molar refractivity (Wildman–Crippen MR) is 31.5 cm³/mol. The molecule has 0 aliphatic carbocycles. The molecule has 0 rings (SSSR count). The van der Waals surface area contributed by atoms with Gasteiger partial charge in [0.25, 0.3) is 9.84 Å². The summed E-state index contributed by atoms with van der Waals surface area (Å²) in [6.07, 6.45) is 0. The van der Waals surface area contributed by atoms with E-state index < -0.39 is 27.7 Å². The van der Waals surface area contributed by atoms with Gasteiger partial charge in [0.1, 0.15) is 6.61 Å². The first-order valence-electron chi connectivity index (χ1n) is 2.59. The van der Waals surface area contributed by atoms with Gasteiger partial charge in [-0.3, -0.25) is 0 Å². The van der Waals surface area contributed by atoms with Gasteiger partial charge in [0.15, 0.2) is 0 Å². The van der Waals surface area contributed by atoms with E-state index in [4.69, 9.17) is 0 Å². The molecule has 0 saturated carbocycles. The second-order valence-corrected chi connectivity index (χ2v) is 3.80. The van der Waals surface area contributed by atoms with Crippen molar-refractivity contribution in [3.8, 4) is 0 Å². The van der Waals surface area contributed by atoms with Crippen molar-refractivity contribution in [3.63, 3.8) is 0 Å². The molecule has 0 saturated heterocycles. The molecule has 0 unspecified atom stereocenters. The Morgan fingerprint density at radius 3 is 2.17 bits per heavy atom. The normalized spacial score (nSPS) is 12.6. The Hall–Kier alpha value is -0.790. The van der Waals surface area contributed by atoms with E-state index in [-0.39, 0.29) is 0 Å². The first kappa shape index (κ1) is 11.2. The zero-order valence-corrected chi connectivity index (χ0v) is 6.41. The standard InChI is InChI=1S/C4H4F3O4S/c5-4(6,7)12(9,10)2-1-11-3-8/h1-2H2. The van der Waals surface area contributed by atoms with E-state index >= 15 is 0 Å². The van der Waals surface area contributed by atoms with Gasteiger partial charge in [-0.1, -0.05) is 0 Å². The van der Waals surface area contributed by atoms with Crippen LogP contribution in [0.5, 0.6) is 0 Å². The molecule has 1 radical (unpaired) electrons. The fourth-order valence-electron chi connectivity index (χ4n) is 0.309. The van der Waals surface area contributed by atoms with Gasteiger partial charge in [0.05, 0.1) is 5.75 Å². The van der Waals surface area contributed by atoms with Crippen LogP contribution in [-0.2, 0) is 19.4 Å². The van der Waals surface area contributed by atoms with Gasteiger partial charge in [-0.25, -0.2) is 13.2 Å². The second kappa shape index (κ2) is 3.74. The second-order valence-electron chi connectivity index (χ2n) is 1.70.